The Labute approximate surface area is 88.7 Å². The molecule has 80 valence electrons. The van der Waals surface area contributed by atoms with Crippen molar-refractivity contribution in [3.8, 4) is 0 Å². The molecule has 0 aliphatic carbocycles. The SMILES string of the molecule is CCCNC(=O)c1cc(C(C)=O)ccn1. The van der Waals surface area contributed by atoms with Crippen LogP contribution in [0.4, 0.5) is 0 Å². The van der Waals surface area contributed by atoms with Crippen LogP contribution in [0.15, 0.2) is 18.3 Å². The van der Waals surface area contributed by atoms with Crippen molar-refractivity contribution in [1.82, 2.24) is 10.3 Å². The molecule has 0 saturated carbocycles. The number of rotatable bonds is 4. The largest absolute Gasteiger partial charge is 0.351 e. The lowest BCUT2D eigenvalue weighted by atomic mass is 10.1. The van der Waals surface area contributed by atoms with Gasteiger partial charge in [-0.2, -0.15) is 0 Å². The third-order valence-corrected chi connectivity index (χ3v) is 1.93. The number of hydrogen-bond donors (Lipinski definition) is 1. The fourth-order valence-electron chi connectivity index (χ4n) is 1.10. The van der Waals surface area contributed by atoms with Gasteiger partial charge < -0.3 is 5.32 Å². The van der Waals surface area contributed by atoms with Gasteiger partial charge in [0.15, 0.2) is 5.78 Å². The molecule has 0 spiro atoms. The minimum atomic E-state index is -0.236. The monoisotopic (exact) mass is 206 g/mol. The highest BCUT2D eigenvalue weighted by Gasteiger charge is 2.08. The van der Waals surface area contributed by atoms with Gasteiger partial charge in [-0.1, -0.05) is 6.92 Å². The fourth-order valence-corrected chi connectivity index (χ4v) is 1.10. The summed E-state index contributed by atoms with van der Waals surface area (Å²) in [6.07, 6.45) is 2.34. The minimum absolute atomic E-state index is 0.0676. The Morgan fingerprint density at radius 3 is 2.80 bits per heavy atom. The number of Topliss-reactive ketones (excluding diaryl/α,β-unsaturated/α-hetero) is 1. The molecule has 0 saturated heterocycles. The Morgan fingerprint density at radius 2 is 2.20 bits per heavy atom. The smallest absolute Gasteiger partial charge is 0.269 e. The molecule has 0 aliphatic heterocycles. The Hall–Kier alpha value is -1.71. The Balaban J connectivity index is 2.81. The van der Waals surface area contributed by atoms with Gasteiger partial charge in [-0.05, 0) is 25.5 Å². The van der Waals surface area contributed by atoms with E-state index in [0.717, 1.165) is 6.42 Å². The van der Waals surface area contributed by atoms with Crippen molar-refractivity contribution in [3.05, 3.63) is 29.6 Å². The molecule has 1 heterocycles. The zero-order valence-corrected chi connectivity index (χ0v) is 8.91. The van der Waals surface area contributed by atoms with Gasteiger partial charge in [0.25, 0.3) is 5.91 Å². The Bertz CT molecular complexity index is 375. The fraction of sp³-hybridized carbons (Fsp3) is 0.364. The number of amides is 1. The first-order valence-electron chi connectivity index (χ1n) is 4.90. The average Bonchev–Trinajstić information content (AvgIpc) is 2.26. The van der Waals surface area contributed by atoms with Crippen molar-refractivity contribution in [3.63, 3.8) is 0 Å². The second-order valence-electron chi connectivity index (χ2n) is 3.24. The van der Waals surface area contributed by atoms with E-state index in [-0.39, 0.29) is 17.4 Å². The maximum Gasteiger partial charge on any atom is 0.269 e. The first-order valence-corrected chi connectivity index (χ1v) is 4.90. The quantitative estimate of drug-likeness (QED) is 0.758. The van der Waals surface area contributed by atoms with Gasteiger partial charge in [0, 0.05) is 18.3 Å². The molecule has 15 heavy (non-hydrogen) atoms. The number of nitrogens with one attached hydrogen (secondary N) is 1. The van der Waals surface area contributed by atoms with E-state index in [1.165, 1.54) is 19.2 Å². The van der Waals surface area contributed by atoms with Crippen LogP contribution in [0.1, 0.15) is 41.1 Å². The molecular weight excluding hydrogens is 192 g/mol. The molecule has 0 aromatic carbocycles. The van der Waals surface area contributed by atoms with Crippen molar-refractivity contribution in [2.75, 3.05) is 6.54 Å². The zero-order valence-electron chi connectivity index (χ0n) is 8.91. The summed E-state index contributed by atoms with van der Waals surface area (Å²) in [7, 11) is 0. The van der Waals surface area contributed by atoms with Crippen molar-refractivity contribution in [2.24, 2.45) is 0 Å². The molecule has 1 aromatic rings. The number of nitrogens with zero attached hydrogens (tertiary/aromatic N) is 1. The van der Waals surface area contributed by atoms with Gasteiger partial charge >= 0.3 is 0 Å². The van der Waals surface area contributed by atoms with Crippen LogP contribution in [0.25, 0.3) is 0 Å². The minimum Gasteiger partial charge on any atom is -0.351 e. The van der Waals surface area contributed by atoms with E-state index < -0.39 is 0 Å². The Morgan fingerprint density at radius 1 is 1.47 bits per heavy atom. The molecule has 0 aliphatic rings. The molecule has 1 rings (SSSR count). The maximum absolute atomic E-state index is 11.5. The highest BCUT2D eigenvalue weighted by Crippen LogP contribution is 2.02. The second kappa shape index (κ2) is 5.24. The van der Waals surface area contributed by atoms with Crippen LogP contribution in [0.2, 0.25) is 0 Å². The predicted molar refractivity (Wildman–Crippen MR) is 56.9 cm³/mol. The topological polar surface area (TPSA) is 59.1 Å². The molecule has 0 bridgehead atoms. The Kier molecular flexibility index (Phi) is 3.97. The lowest BCUT2D eigenvalue weighted by Crippen LogP contribution is -2.25. The average molecular weight is 206 g/mol. The van der Waals surface area contributed by atoms with Crippen LogP contribution < -0.4 is 5.32 Å². The van der Waals surface area contributed by atoms with E-state index in [4.69, 9.17) is 0 Å². The lowest BCUT2D eigenvalue weighted by Gasteiger charge is -2.03. The van der Waals surface area contributed by atoms with Crippen LogP contribution in [0.3, 0.4) is 0 Å². The normalized spacial score (nSPS) is 9.73. The summed E-state index contributed by atoms with van der Waals surface area (Å²) in [6.45, 7) is 4.05. The third-order valence-electron chi connectivity index (χ3n) is 1.93. The van der Waals surface area contributed by atoms with Crippen LogP contribution >= 0.6 is 0 Å². The molecule has 1 N–H and O–H groups in total. The van der Waals surface area contributed by atoms with Crippen molar-refractivity contribution >= 4 is 11.7 Å². The molecule has 0 radical (unpaired) electrons. The first-order chi connectivity index (χ1) is 7.15. The summed E-state index contributed by atoms with van der Waals surface area (Å²) >= 11 is 0. The van der Waals surface area contributed by atoms with Crippen LogP contribution in [-0.4, -0.2) is 23.2 Å². The molecular formula is C11H14N2O2. The van der Waals surface area contributed by atoms with E-state index in [9.17, 15) is 9.59 Å². The standard InChI is InChI=1S/C11H14N2O2/c1-3-5-13-11(15)10-7-9(8(2)14)4-6-12-10/h4,6-7H,3,5H2,1-2H3,(H,13,15). The highest BCUT2D eigenvalue weighted by atomic mass is 16.2. The summed E-state index contributed by atoms with van der Waals surface area (Å²) < 4.78 is 0. The van der Waals surface area contributed by atoms with Gasteiger partial charge in [-0.25, -0.2) is 0 Å². The van der Waals surface area contributed by atoms with E-state index >= 15 is 0 Å². The zero-order chi connectivity index (χ0) is 11.3. The van der Waals surface area contributed by atoms with E-state index in [1.54, 1.807) is 6.07 Å². The summed E-state index contributed by atoms with van der Waals surface area (Å²) in [5.74, 6) is -0.304. The van der Waals surface area contributed by atoms with Crippen LogP contribution in [0, 0.1) is 0 Å². The summed E-state index contributed by atoms with van der Waals surface area (Å²) in [6, 6.07) is 3.10. The molecule has 0 fully saturated rings. The number of carbonyl (C=O) groups is 2. The van der Waals surface area contributed by atoms with Gasteiger partial charge in [0.1, 0.15) is 5.69 Å². The predicted octanol–water partition coefficient (Wildman–Crippen LogP) is 1.42. The van der Waals surface area contributed by atoms with Crippen LogP contribution in [-0.2, 0) is 0 Å². The van der Waals surface area contributed by atoms with E-state index in [1.807, 2.05) is 6.92 Å². The van der Waals surface area contributed by atoms with E-state index in [2.05, 4.69) is 10.3 Å². The lowest BCUT2D eigenvalue weighted by molar-refractivity contribution is 0.0948. The molecule has 1 aromatic heterocycles. The van der Waals surface area contributed by atoms with E-state index in [0.29, 0.717) is 12.1 Å². The molecule has 1 amide bonds. The van der Waals surface area contributed by atoms with Crippen molar-refractivity contribution in [1.29, 1.82) is 0 Å². The number of aromatic nitrogens is 1. The maximum atomic E-state index is 11.5. The molecule has 4 nitrogen and oxygen atoms in total. The summed E-state index contributed by atoms with van der Waals surface area (Å²) in [4.78, 5) is 26.5. The van der Waals surface area contributed by atoms with Gasteiger partial charge in [-0.15, -0.1) is 0 Å². The van der Waals surface area contributed by atoms with Gasteiger partial charge in [-0.3, -0.25) is 14.6 Å². The highest BCUT2D eigenvalue weighted by molar-refractivity contribution is 5.98. The van der Waals surface area contributed by atoms with Gasteiger partial charge in [0.05, 0.1) is 0 Å². The molecule has 4 heteroatoms. The number of pyridine rings is 1. The van der Waals surface area contributed by atoms with Crippen molar-refractivity contribution < 1.29 is 9.59 Å². The molecule has 0 atom stereocenters. The van der Waals surface area contributed by atoms with Crippen LogP contribution in [0.5, 0.6) is 0 Å². The van der Waals surface area contributed by atoms with Gasteiger partial charge in [0.2, 0.25) is 0 Å². The summed E-state index contributed by atoms with van der Waals surface area (Å²) in [5.41, 5.74) is 0.794. The number of hydrogen-bond acceptors (Lipinski definition) is 3. The second-order valence-corrected chi connectivity index (χ2v) is 3.24. The third kappa shape index (κ3) is 3.16. The molecule has 0 unspecified atom stereocenters. The van der Waals surface area contributed by atoms with Crippen molar-refractivity contribution in [2.45, 2.75) is 20.3 Å². The number of ketones is 1. The summed E-state index contributed by atoms with van der Waals surface area (Å²) in [5, 5.41) is 2.70. The first kappa shape index (κ1) is 11.4. The number of carbonyl (C=O) groups excluding carboxylic acids is 2.